The van der Waals surface area contributed by atoms with Gasteiger partial charge in [-0.3, -0.25) is 4.79 Å². The van der Waals surface area contributed by atoms with Crippen LogP contribution in [0.3, 0.4) is 0 Å². The summed E-state index contributed by atoms with van der Waals surface area (Å²) in [5.41, 5.74) is 1.27. The standard InChI is InChI=1S/C14H16N2O4S/c1-2-3-10-4-6-11(7-5-10)19-8-12-15-16-14(20-12)21-9-13(17)18/h4-7H,2-3,8-9H2,1H3,(H,17,18). The highest BCUT2D eigenvalue weighted by Gasteiger charge is 2.09. The third-order valence-corrected chi connectivity index (χ3v) is 3.39. The maximum atomic E-state index is 10.4. The largest absolute Gasteiger partial charge is 0.484 e. The Labute approximate surface area is 126 Å². The highest BCUT2D eigenvalue weighted by Crippen LogP contribution is 2.18. The second kappa shape index (κ2) is 7.68. The molecule has 0 atom stereocenters. The van der Waals surface area contributed by atoms with Crippen molar-refractivity contribution < 1.29 is 19.1 Å². The van der Waals surface area contributed by atoms with E-state index in [2.05, 4.69) is 17.1 Å². The lowest BCUT2D eigenvalue weighted by atomic mass is 10.1. The van der Waals surface area contributed by atoms with E-state index in [1.807, 2.05) is 24.3 Å². The van der Waals surface area contributed by atoms with Gasteiger partial charge in [-0.25, -0.2) is 0 Å². The molecular formula is C14H16N2O4S. The van der Waals surface area contributed by atoms with Crippen LogP contribution in [0.2, 0.25) is 0 Å². The number of thioether (sulfide) groups is 1. The third kappa shape index (κ3) is 5.11. The average molecular weight is 308 g/mol. The van der Waals surface area contributed by atoms with Gasteiger partial charge < -0.3 is 14.3 Å². The summed E-state index contributed by atoms with van der Waals surface area (Å²) in [4.78, 5) is 10.4. The van der Waals surface area contributed by atoms with Gasteiger partial charge in [-0.2, -0.15) is 0 Å². The van der Waals surface area contributed by atoms with Crippen molar-refractivity contribution in [3.63, 3.8) is 0 Å². The van der Waals surface area contributed by atoms with E-state index in [-0.39, 0.29) is 17.6 Å². The maximum Gasteiger partial charge on any atom is 0.314 e. The zero-order valence-corrected chi connectivity index (χ0v) is 12.4. The Bertz CT molecular complexity index is 583. The van der Waals surface area contributed by atoms with Crippen LogP contribution < -0.4 is 4.74 Å². The Morgan fingerprint density at radius 2 is 2.10 bits per heavy atom. The van der Waals surface area contributed by atoms with E-state index in [4.69, 9.17) is 14.3 Å². The maximum absolute atomic E-state index is 10.4. The van der Waals surface area contributed by atoms with E-state index in [0.29, 0.717) is 5.89 Å². The van der Waals surface area contributed by atoms with Crippen molar-refractivity contribution in [1.82, 2.24) is 10.2 Å². The van der Waals surface area contributed by atoms with Gasteiger partial charge in [0.1, 0.15) is 11.5 Å². The Balaban J connectivity index is 1.83. The lowest BCUT2D eigenvalue weighted by Crippen LogP contribution is -1.97. The van der Waals surface area contributed by atoms with Gasteiger partial charge in [0.05, 0.1) is 0 Å². The van der Waals surface area contributed by atoms with Crippen LogP contribution in [0, 0.1) is 0 Å². The number of benzene rings is 1. The summed E-state index contributed by atoms with van der Waals surface area (Å²) in [5.74, 6) is 0.0120. The van der Waals surface area contributed by atoms with Crippen molar-refractivity contribution in [1.29, 1.82) is 0 Å². The van der Waals surface area contributed by atoms with Crippen LogP contribution in [0.4, 0.5) is 0 Å². The number of aryl methyl sites for hydroxylation is 1. The summed E-state index contributed by atoms with van der Waals surface area (Å²) in [7, 11) is 0. The molecule has 0 aliphatic rings. The van der Waals surface area contributed by atoms with Crippen LogP contribution in [0.25, 0.3) is 0 Å². The molecule has 0 aliphatic heterocycles. The molecule has 0 bridgehead atoms. The quantitative estimate of drug-likeness (QED) is 0.750. The second-order valence-corrected chi connectivity index (χ2v) is 5.25. The van der Waals surface area contributed by atoms with E-state index in [0.717, 1.165) is 30.4 Å². The van der Waals surface area contributed by atoms with Gasteiger partial charge in [0, 0.05) is 0 Å². The van der Waals surface area contributed by atoms with Gasteiger partial charge in [0.25, 0.3) is 11.1 Å². The van der Waals surface area contributed by atoms with E-state index in [1.165, 1.54) is 5.56 Å². The summed E-state index contributed by atoms with van der Waals surface area (Å²) >= 11 is 0.983. The van der Waals surface area contributed by atoms with Gasteiger partial charge in [-0.05, 0) is 24.1 Å². The predicted octanol–water partition coefficient (Wildman–Crippen LogP) is 2.78. The van der Waals surface area contributed by atoms with Crippen molar-refractivity contribution >= 4 is 17.7 Å². The molecule has 0 fully saturated rings. The predicted molar refractivity (Wildman–Crippen MR) is 77.4 cm³/mol. The zero-order valence-electron chi connectivity index (χ0n) is 11.6. The lowest BCUT2D eigenvalue weighted by Gasteiger charge is -2.04. The minimum absolute atomic E-state index is 0.110. The summed E-state index contributed by atoms with van der Waals surface area (Å²) in [5, 5.41) is 16.3. The van der Waals surface area contributed by atoms with Gasteiger partial charge in [0.2, 0.25) is 0 Å². The molecule has 0 saturated heterocycles. The molecule has 0 aliphatic carbocycles. The fourth-order valence-corrected chi connectivity index (χ4v) is 2.17. The van der Waals surface area contributed by atoms with Crippen LogP contribution in [0.5, 0.6) is 5.75 Å². The Morgan fingerprint density at radius 1 is 1.33 bits per heavy atom. The number of carboxylic acid groups (broad SMARTS) is 1. The first-order valence-electron chi connectivity index (χ1n) is 6.56. The molecule has 7 heteroatoms. The number of aromatic nitrogens is 2. The molecule has 1 N–H and O–H groups in total. The molecule has 0 spiro atoms. The number of rotatable bonds is 8. The highest BCUT2D eigenvalue weighted by atomic mass is 32.2. The van der Waals surface area contributed by atoms with Crippen LogP contribution >= 0.6 is 11.8 Å². The average Bonchev–Trinajstić information content (AvgIpc) is 2.93. The van der Waals surface area contributed by atoms with Crippen molar-refractivity contribution in [2.75, 3.05) is 5.75 Å². The summed E-state index contributed by atoms with van der Waals surface area (Å²) in [6.07, 6.45) is 2.16. The molecule has 1 aromatic carbocycles. The summed E-state index contributed by atoms with van der Waals surface area (Å²) < 4.78 is 10.8. The molecule has 112 valence electrons. The number of carboxylic acids is 1. The fraction of sp³-hybridized carbons (Fsp3) is 0.357. The van der Waals surface area contributed by atoms with Crippen LogP contribution in [-0.4, -0.2) is 27.0 Å². The molecule has 0 saturated carbocycles. The van der Waals surface area contributed by atoms with Crippen molar-refractivity contribution in [3.8, 4) is 5.75 Å². The van der Waals surface area contributed by atoms with E-state index < -0.39 is 5.97 Å². The SMILES string of the molecule is CCCc1ccc(OCc2nnc(SCC(=O)O)o2)cc1. The van der Waals surface area contributed by atoms with Crippen LogP contribution in [0.15, 0.2) is 33.9 Å². The topological polar surface area (TPSA) is 85.5 Å². The van der Waals surface area contributed by atoms with Crippen LogP contribution in [0.1, 0.15) is 24.8 Å². The molecule has 2 aromatic rings. The normalized spacial score (nSPS) is 10.5. The van der Waals surface area contributed by atoms with Crippen LogP contribution in [-0.2, 0) is 17.8 Å². The number of ether oxygens (including phenoxy) is 1. The molecule has 21 heavy (non-hydrogen) atoms. The monoisotopic (exact) mass is 308 g/mol. The van der Waals surface area contributed by atoms with E-state index in [1.54, 1.807) is 0 Å². The molecule has 1 aromatic heterocycles. The molecular weight excluding hydrogens is 292 g/mol. The Kier molecular flexibility index (Phi) is 5.62. The Morgan fingerprint density at radius 3 is 2.76 bits per heavy atom. The molecule has 0 radical (unpaired) electrons. The summed E-state index contributed by atoms with van der Waals surface area (Å²) in [6, 6.07) is 7.87. The number of carbonyl (C=O) groups is 1. The summed E-state index contributed by atoms with van der Waals surface area (Å²) in [6.45, 7) is 2.30. The smallest absolute Gasteiger partial charge is 0.314 e. The molecule has 2 rings (SSSR count). The number of hydrogen-bond donors (Lipinski definition) is 1. The first-order chi connectivity index (χ1) is 10.2. The van der Waals surface area contributed by atoms with Crippen molar-refractivity contribution in [2.24, 2.45) is 0 Å². The molecule has 6 nitrogen and oxygen atoms in total. The zero-order chi connectivity index (χ0) is 15.1. The van der Waals surface area contributed by atoms with E-state index >= 15 is 0 Å². The van der Waals surface area contributed by atoms with Gasteiger partial charge in [-0.1, -0.05) is 37.2 Å². The lowest BCUT2D eigenvalue weighted by molar-refractivity contribution is -0.133. The number of hydrogen-bond acceptors (Lipinski definition) is 6. The third-order valence-electron chi connectivity index (χ3n) is 2.59. The van der Waals surface area contributed by atoms with Crippen molar-refractivity contribution in [2.45, 2.75) is 31.6 Å². The first kappa shape index (κ1) is 15.4. The first-order valence-corrected chi connectivity index (χ1v) is 7.54. The van der Waals surface area contributed by atoms with Gasteiger partial charge in [-0.15, -0.1) is 10.2 Å². The fourth-order valence-electron chi connectivity index (χ4n) is 1.66. The minimum Gasteiger partial charge on any atom is -0.484 e. The molecule has 0 unspecified atom stereocenters. The highest BCUT2D eigenvalue weighted by molar-refractivity contribution is 7.99. The second-order valence-electron chi connectivity index (χ2n) is 4.33. The molecule has 0 amide bonds. The van der Waals surface area contributed by atoms with E-state index in [9.17, 15) is 4.79 Å². The number of aliphatic carboxylic acids is 1. The van der Waals surface area contributed by atoms with Gasteiger partial charge >= 0.3 is 5.97 Å². The minimum atomic E-state index is -0.928. The number of nitrogens with zero attached hydrogens (tertiary/aromatic N) is 2. The molecule has 1 heterocycles. The van der Waals surface area contributed by atoms with Gasteiger partial charge in [0.15, 0.2) is 6.61 Å². The van der Waals surface area contributed by atoms with Crippen molar-refractivity contribution in [3.05, 3.63) is 35.7 Å². The Hall–Kier alpha value is -2.02.